The standard InChI is InChI=1S/C15H21N3O/c1-4-11-19-14-8-6-5-7-13(14)17-12(2)15-16-9-10-18(15)3/h5-10,12,17H,4,11H2,1-3H3. The van der Waals surface area contributed by atoms with Gasteiger partial charge >= 0.3 is 0 Å². The van der Waals surface area contributed by atoms with Crippen molar-refractivity contribution < 1.29 is 4.74 Å². The number of aromatic nitrogens is 2. The minimum absolute atomic E-state index is 0.131. The Morgan fingerprint density at radius 2 is 2.16 bits per heavy atom. The van der Waals surface area contributed by atoms with E-state index in [4.69, 9.17) is 4.74 Å². The van der Waals surface area contributed by atoms with Gasteiger partial charge in [-0.1, -0.05) is 19.1 Å². The summed E-state index contributed by atoms with van der Waals surface area (Å²) in [5.41, 5.74) is 1.01. The first-order chi connectivity index (χ1) is 9.22. The van der Waals surface area contributed by atoms with Crippen LogP contribution in [0, 0.1) is 0 Å². The molecule has 0 fully saturated rings. The van der Waals surface area contributed by atoms with Crippen LogP contribution in [0.1, 0.15) is 32.1 Å². The smallest absolute Gasteiger partial charge is 0.142 e. The SMILES string of the molecule is CCCOc1ccccc1NC(C)c1nccn1C. The Kier molecular flexibility index (Phi) is 4.44. The van der Waals surface area contributed by atoms with Gasteiger partial charge in [0.1, 0.15) is 11.6 Å². The number of ether oxygens (including phenoxy) is 1. The van der Waals surface area contributed by atoms with E-state index in [1.807, 2.05) is 48.3 Å². The molecule has 1 atom stereocenters. The van der Waals surface area contributed by atoms with E-state index < -0.39 is 0 Å². The van der Waals surface area contributed by atoms with Crippen molar-refractivity contribution in [2.45, 2.75) is 26.3 Å². The molecule has 4 nitrogen and oxygen atoms in total. The monoisotopic (exact) mass is 259 g/mol. The molecule has 0 bridgehead atoms. The molecule has 0 saturated carbocycles. The summed E-state index contributed by atoms with van der Waals surface area (Å²) in [7, 11) is 2.00. The summed E-state index contributed by atoms with van der Waals surface area (Å²) >= 11 is 0. The van der Waals surface area contributed by atoms with Gasteiger partial charge < -0.3 is 14.6 Å². The molecule has 2 aromatic rings. The average Bonchev–Trinajstić information content (AvgIpc) is 2.84. The van der Waals surface area contributed by atoms with Crippen molar-refractivity contribution in [2.24, 2.45) is 7.05 Å². The first-order valence-corrected chi connectivity index (χ1v) is 6.68. The van der Waals surface area contributed by atoms with Gasteiger partial charge in [0.25, 0.3) is 0 Å². The highest BCUT2D eigenvalue weighted by molar-refractivity contribution is 5.56. The normalized spacial score (nSPS) is 12.2. The van der Waals surface area contributed by atoms with Crippen LogP contribution in [0.2, 0.25) is 0 Å². The molecule has 19 heavy (non-hydrogen) atoms. The van der Waals surface area contributed by atoms with Gasteiger partial charge in [0.05, 0.1) is 18.3 Å². The second kappa shape index (κ2) is 6.27. The van der Waals surface area contributed by atoms with Crippen LogP contribution < -0.4 is 10.1 Å². The van der Waals surface area contributed by atoms with Gasteiger partial charge in [-0.05, 0) is 25.5 Å². The van der Waals surface area contributed by atoms with Crippen LogP contribution >= 0.6 is 0 Å². The van der Waals surface area contributed by atoms with E-state index in [2.05, 4.69) is 24.1 Å². The summed E-state index contributed by atoms with van der Waals surface area (Å²) < 4.78 is 7.77. The molecule has 0 aliphatic rings. The Hall–Kier alpha value is -1.97. The fourth-order valence-corrected chi connectivity index (χ4v) is 2.02. The zero-order valence-electron chi connectivity index (χ0n) is 11.8. The highest BCUT2D eigenvalue weighted by Crippen LogP contribution is 2.27. The minimum Gasteiger partial charge on any atom is -0.491 e. The molecule has 2 rings (SSSR count). The molecule has 1 unspecified atom stereocenters. The number of hydrogen-bond donors (Lipinski definition) is 1. The highest BCUT2D eigenvalue weighted by atomic mass is 16.5. The van der Waals surface area contributed by atoms with E-state index in [1.165, 1.54) is 0 Å². The molecule has 0 spiro atoms. The second-order valence-electron chi connectivity index (χ2n) is 4.61. The van der Waals surface area contributed by atoms with Crippen LogP contribution in [0.4, 0.5) is 5.69 Å². The summed E-state index contributed by atoms with van der Waals surface area (Å²) in [6, 6.07) is 8.15. The third-order valence-corrected chi connectivity index (χ3v) is 2.97. The van der Waals surface area contributed by atoms with Gasteiger partial charge in [-0.3, -0.25) is 0 Å². The molecule has 1 heterocycles. The Balaban J connectivity index is 2.12. The lowest BCUT2D eigenvalue weighted by molar-refractivity contribution is 0.318. The number of rotatable bonds is 6. The summed E-state index contributed by atoms with van der Waals surface area (Å²) in [5.74, 6) is 1.90. The van der Waals surface area contributed by atoms with E-state index in [0.29, 0.717) is 0 Å². The van der Waals surface area contributed by atoms with Crippen molar-refractivity contribution in [3.05, 3.63) is 42.5 Å². The number of hydrogen-bond acceptors (Lipinski definition) is 3. The van der Waals surface area contributed by atoms with Gasteiger partial charge in [0.15, 0.2) is 0 Å². The number of imidazole rings is 1. The summed E-state index contributed by atoms with van der Waals surface area (Å²) in [5, 5.41) is 3.45. The molecular formula is C15H21N3O. The molecule has 0 amide bonds. The average molecular weight is 259 g/mol. The van der Waals surface area contributed by atoms with E-state index in [0.717, 1.165) is 30.3 Å². The molecule has 0 aliphatic carbocycles. The van der Waals surface area contributed by atoms with Crippen molar-refractivity contribution >= 4 is 5.69 Å². The first kappa shape index (κ1) is 13.5. The quantitative estimate of drug-likeness (QED) is 0.864. The first-order valence-electron chi connectivity index (χ1n) is 6.68. The molecule has 0 radical (unpaired) electrons. The lowest BCUT2D eigenvalue weighted by Gasteiger charge is -2.18. The van der Waals surface area contributed by atoms with Crippen molar-refractivity contribution in [3.63, 3.8) is 0 Å². The molecule has 4 heteroatoms. The van der Waals surface area contributed by atoms with E-state index in [1.54, 1.807) is 0 Å². The second-order valence-corrected chi connectivity index (χ2v) is 4.61. The van der Waals surface area contributed by atoms with Gasteiger partial charge in [-0.2, -0.15) is 0 Å². The molecule has 102 valence electrons. The largest absolute Gasteiger partial charge is 0.491 e. The van der Waals surface area contributed by atoms with Gasteiger partial charge in [0, 0.05) is 19.4 Å². The van der Waals surface area contributed by atoms with Gasteiger partial charge in [0.2, 0.25) is 0 Å². The Morgan fingerprint density at radius 3 is 2.84 bits per heavy atom. The topological polar surface area (TPSA) is 39.1 Å². The molecule has 1 aromatic carbocycles. The number of benzene rings is 1. The Morgan fingerprint density at radius 1 is 1.37 bits per heavy atom. The summed E-state index contributed by atoms with van der Waals surface area (Å²) in [6.07, 6.45) is 4.77. The summed E-state index contributed by atoms with van der Waals surface area (Å²) in [4.78, 5) is 4.36. The zero-order valence-corrected chi connectivity index (χ0v) is 11.8. The fourth-order valence-electron chi connectivity index (χ4n) is 2.02. The van der Waals surface area contributed by atoms with Crippen LogP contribution in [0.3, 0.4) is 0 Å². The Labute approximate surface area is 114 Å². The lowest BCUT2D eigenvalue weighted by Crippen LogP contribution is -2.12. The Bertz CT molecular complexity index is 522. The number of nitrogens with one attached hydrogen (secondary N) is 1. The van der Waals surface area contributed by atoms with Gasteiger partial charge in [-0.15, -0.1) is 0 Å². The number of aryl methyl sites for hydroxylation is 1. The van der Waals surface area contributed by atoms with Crippen molar-refractivity contribution in [1.29, 1.82) is 0 Å². The molecule has 0 saturated heterocycles. The third kappa shape index (κ3) is 3.28. The number of para-hydroxylation sites is 2. The highest BCUT2D eigenvalue weighted by Gasteiger charge is 2.12. The van der Waals surface area contributed by atoms with Crippen LogP contribution in [0.25, 0.3) is 0 Å². The van der Waals surface area contributed by atoms with Crippen LogP contribution in [0.15, 0.2) is 36.7 Å². The third-order valence-electron chi connectivity index (χ3n) is 2.97. The molecule has 1 N–H and O–H groups in total. The predicted molar refractivity (Wildman–Crippen MR) is 77.5 cm³/mol. The minimum atomic E-state index is 0.131. The lowest BCUT2D eigenvalue weighted by atomic mass is 10.2. The van der Waals surface area contributed by atoms with E-state index >= 15 is 0 Å². The van der Waals surface area contributed by atoms with Crippen molar-refractivity contribution in [3.8, 4) is 5.75 Å². The number of nitrogens with zero attached hydrogens (tertiary/aromatic N) is 2. The van der Waals surface area contributed by atoms with Crippen molar-refractivity contribution in [2.75, 3.05) is 11.9 Å². The maximum absolute atomic E-state index is 5.75. The van der Waals surface area contributed by atoms with Crippen LogP contribution in [0.5, 0.6) is 5.75 Å². The maximum atomic E-state index is 5.75. The molecule has 0 aliphatic heterocycles. The van der Waals surface area contributed by atoms with Gasteiger partial charge in [-0.25, -0.2) is 4.98 Å². The van der Waals surface area contributed by atoms with Crippen LogP contribution in [-0.4, -0.2) is 16.2 Å². The summed E-state index contributed by atoms with van der Waals surface area (Å²) in [6.45, 7) is 4.93. The van der Waals surface area contributed by atoms with Crippen LogP contribution in [-0.2, 0) is 7.05 Å². The molecule has 1 aromatic heterocycles. The van der Waals surface area contributed by atoms with E-state index in [-0.39, 0.29) is 6.04 Å². The predicted octanol–water partition coefficient (Wildman–Crippen LogP) is 3.38. The molecular weight excluding hydrogens is 238 g/mol. The maximum Gasteiger partial charge on any atom is 0.142 e. The zero-order chi connectivity index (χ0) is 13.7. The van der Waals surface area contributed by atoms with Crippen molar-refractivity contribution in [1.82, 2.24) is 9.55 Å². The fraction of sp³-hybridized carbons (Fsp3) is 0.400. The number of anilines is 1. The van der Waals surface area contributed by atoms with E-state index in [9.17, 15) is 0 Å².